The number of fused-ring (bicyclic) bond motifs is 1. The maximum atomic E-state index is 12.4. The van der Waals surface area contributed by atoms with Crippen LogP contribution >= 0.6 is 0 Å². The Morgan fingerprint density at radius 3 is 2.70 bits per heavy atom. The van der Waals surface area contributed by atoms with E-state index in [-0.39, 0.29) is 5.78 Å². The summed E-state index contributed by atoms with van der Waals surface area (Å²) in [6.45, 7) is 3.32. The standard InChI is InChI=1S/C15H17N3O2/c19-11-18-7-5-17(6-8-18)10-15(20)13-9-16-14-4-2-1-3-12(13)14/h1-4,9,11,16H,5-8,10H2. The molecule has 2 aromatic rings. The number of para-hydroxylation sites is 1. The number of carbonyl (C=O) groups is 2. The number of Topliss-reactive ketones (excluding diaryl/α,β-unsaturated/α-hetero) is 1. The molecule has 5 nitrogen and oxygen atoms in total. The fraction of sp³-hybridized carbons (Fsp3) is 0.333. The van der Waals surface area contributed by atoms with E-state index in [1.165, 1.54) is 0 Å². The van der Waals surface area contributed by atoms with Crippen molar-refractivity contribution in [3.8, 4) is 0 Å². The van der Waals surface area contributed by atoms with Crippen molar-refractivity contribution in [3.05, 3.63) is 36.0 Å². The monoisotopic (exact) mass is 271 g/mol. The van der Waals surface area contributed by atoms with Gasteiger partial charge in [-0.2, -0.15) is 0 Å². The fourth-order valence-corrected chi connectivity index (χ4v) is 2.62. The number of carbonyl (C=O) groups excluding carboxylic acids is 2. The Hall–Kier alpha value is -2.14. The van der Waals surface area contributed by atoms with Gasteiger partial charge in [-0.05, 0) is 6.07 Å². The van der Waals surface area contributed by atoms with Gasteiger partial charge in [-0.15, -0.1) is 0 Å². The molecular formula is C15H17N3O2. The molecule has 0 saturated carbocycles. The van der Waals surface area contributed by atoms with Gasteiger partial charge >= 0.3 is 0 Å². The van der Waals surface area contributed by atoms with Gasteiger partial charge in [0.2, 0.25) is 6.41 Å². The first-order valence-electron chi connectivity index (χ1n) is 6.79. The van der Waals surface area contributed by atoms with Crippen molar-refractivity contribution in [2.24, 2.45) is 0 Å². The van der Waals surface area contributed by atoms with Crippen molar-refractivity contribution in [2.45, 2.75) is 0 Å². The molecule has 104 valence electrons. The van der Waals surface area contributed by atoms with Crippen molar-refractivity contribution < 1.29 is 9.59 Å². The van der Waals surface area contributed by atoms with Crippen molar-refractivity contribution in [1.82, 2.24) is 14.8 Å². The van der Waals surface area contributed by atoms with Crippen LogP contribution in [0.5, 0.6) is 0 Å². The van der Waals surface area contributed by atoms with E-state index in [9.17, 15) is 9.59 Å². The van der Waals surface area contributed by atoms with E-state index in [1.54, 1.807) is 11.1 Å². The van der Waals surface area contributed by atoms with E-state index in [2.05, 4.69) is 9.88 Å². The lowest BCUT2D eigenvalue weighted by Gasteiger charge is -2.31. The Kier molecular flexibility index (Phi) is 3.52. The van der Waals surface area contributed by atoms with Crippen LogP contribution in [0.15, 0.2) is 30.5 Å². The number of H-pyrrole nitrogens is 1. The van der Waals surface area contributed by atoms with Crippen molar-refractivity contribution >= 4 is 23.1 Å². The van der Waals surface area contributed by atoms with Gasteiger partial charge in [0.15, 0.2) is 5.78 Å². The third-order valence-corrected chi connectivity index (χ3v) is 3.81. The zero-order chi connectivity index (χ0) is 13.9. The molecule has 1 fully saturated rings. The molecule has 1 aliphatic rings. The van der Waals surface area contributed by atoms with Crippen LogP contribution in [0.4, 0.5) is 0 Å². The minimum absolute atomic E-state index is 0.127. The lowest BCUT2D eigenvalue weighted by atomic mass is 10.1. The Balaban J connectivity index is 1.69. The molecule has 1 aromatic heterocycles. The Labute approximate surface area is 117 Å². The molecule has 5 heteroatoms. The molecular weight excluding hydrogens is 254 g/mol. The number of ketones is 1. The minimum atomic E-state index is 0.127. The summed E-state index contributed by atoms with van der Waals surface area (Å²) in [7, 11) is 0. The minimum Gasteiger partial charge on any atom is -0.360 e. The smallest absolute Gasteiger partial charge is 0.209 e. The van der Waals surface area contributed by atoms with Crippen LogP contribution in [-0.2, 0) is 4.79 Å². The van der Waals surface area contributed by atoms with E-state index in [4.69, 9.17) is 0 Å². The number of rotatable bonds is 4. The molecule has 0 radical (unpaired) electrons. The Bertz CT molecular complexity index is 627. The SMILES string of the molecule is O=CN1CCN(CC(=O)c2c[nH]c3ccccc23)CC1. The molecule has 20 heavy (non-hydrogen) atoms. The molecule has 1 aromatic carbocycles. The third-order valence-electron chi connectivity index (χ3n) is 3.81. The van der Waals surface area contributed by atoms with Crippen LogP contribution in [0.25, 0.3) is 10.9 Å². The summed E-state index contributed by atoms with van der Waals surface area (Å²) in [5.74, 6) is 0.127. The van der Waals surface area contributed by atoms with Gasteiger partial charge in [-0.1, -0.05) is 18.2 Å². The highest BCUT2D eigenvalue weighted by molar-refractivity contribution is 6.08. The molecule has 2 heterocycles. The summed E-state index contributed by atoms with van der Waals surface area (Å²) in [5.41, 5.74) is 1.74. The molecule has 0 aliphatic carbocycles. The molecule has 1 saturated heterocycles. The second-order valence-electron chi connectivity index (χ2n) is 5.09. The summed E-state index contributed by atoms with van der Waals surface area (Å²) in [4.78, 5) is 30.0. The highest BCUT2D eigenvalue weighted by Crippen LogP contribution is 2.18. The third kappa shape index (κ3) is 2.44. The van der Waals surface area contributed by atoms with E-state index in [1.807, 2.05) is 24.3 Å². The highest BCUT2D eigenvalue weighted by Gasteiger charge is 2.19. The lowest BCUT2D eigenvalue weighted by Crippen LogP contribution is -2.47. The number of nitrogens with one attached hydrogen (secondary N) is 1. The van der Waals surface area contributed by atoms with E-state index < -0.39 is 0 Å². The molecule has 3 rings (SSSR count). The van der Waals surface area contributed by atoms with Gasteiger partial charge in [0.05, 0.1) is 6.54 Å². The van der Waals surface area contributed by atoms with Crippen molar-refractivity contribution in [2.75, 3.05) is 32.7 Å². The second kappa shape index (κ2) is 5.46. The molecule has 1 amide bonds. The van der Waals surface area contributed by atoms with Gasteiger partial charge in [-0.25, -0.2) is 0 Å². The van der Waals surface area contributed by atoms with Crippen LogP contribution in [-0.4, -0.2) is 59.7 Å². The molecule has 0 atom stereocenters. The number of amides is 1. The largest absolute Gasteiger partial charge is 0.360 e. The number of nitrogens with zero attached hydrogens (tertiary/aromatic N) is 2. The van der Waals surface area contributed by atoms with Crippen LogP contribution in [0.1, 0.15) is 10.4 Å². The van der Waals surface area contributed by atoms with E-state index >= 15 is 0 Å². The second-order valence-corrected chi connectivity index (χ2v) is 5.09. The number of hydrogen-bond donors (Lipinski definition) is 1. The first-order chi connectivity index (χ1) is 9.78. The number of aromatic amines is 1. The van der Waals surface area contributed by atoms with E-state index in [0.717, 1.165) is 36.0 Å². The Morgan fingerprint density at radius 2 is 1.95 bits per heavy atom. The van der Waals surface area contributed by atoms with Crippen LogP contribution in [0, 0.1) is 0 Å². The van der Waals surface area contributed by atoms with Gasteiger partial charge in [0.25, 0.3) is 0 Å². The predicted octanol–water partition coefficient (Wildman–Crippen LogP) is 1.12. The maximum absolute atomic E-state index is 12.4. The summed E-state index contributed by atoms with van der Waals surface area (Å²) >= 11 is 0. The van der Waals surface area contributed by atoms with Gasteiger partial charge in [-0.3, -0.25) is 14.5 Å². The average molecular weight is 271 g/mol. The number of aromatic nitrogens is 1. The average Bonchev–Trinajstić information content (AvgIpc) is 2.92. The Morgan fingerprint density at radius 1 is 1.20 bits per heavy atom. The molecule has 0 spiro atoms. The fourth-order valence-electron chi connectivity index (χ4n) is 2.62. The predicted molar refractivity (Wildman–Crippen MR) is 76.7 cm³/mol. The number of hydrogen-bond acceptors (Lipinski definition) is 3. The lowest BCUT2D eigenvalue weighted by molar-refractivity contribution is -0.119. The van der Waals surface area contributed by atoms with E-state index in [0.29, 0.717) is 19.6 Å². The zero-order valence-corrected chi connectivity index (χ0v) is 11.2. The van der Waals surface area contributed by atoms with Crippen molar-refractivity contribution in [1.29, 1.82) is 0 Å². The molecule has 1 aliphatic heterocycles. The zero-order valence-electron chi connectivity index (χ0n) is 11.2. The molecule has 1 N–H and O–H groups in total. The summed E-state index contributed by atoms with van der Waals surface area (Å²) in [6, 6.07) is 7.82. The number of piperazine rings is 1. The topological polar surface area (TPSA) is 56.4 Å². The summed E-state index contributed by atoms with van der Waals surface area (Å²) in [5, 5.41) is 0.976. The maximum Gasteiger partial charge on any atom is 0.209 e. The summed E-state index contributed by atoms with van der Waals surface area (Å²) < 4.78 is 0. The molecule has 0 unspecified atom stereocenters. The van der Waals surface area contributed by atoms with Crippen LogP contribution in [0.3, 0.4) is 0 Å². The van der Waals surface area contributed by atoms with Gasteiger partial charge in [0, 0.05) is 48.8 Å². The highest BCUT2D eigenvalue weighted by atomic mass is 16.1. The first kappa shape index (κ1) is 12.9. The van der Waals surface area contributed by atoms with Gasteiger partial charge < -0.3 is 9.88 Å². The molecule has 0 bridgehead atoms. The summed E-state index contributed by atoms with van der Waals surface area (Å²) in [6.07, 6.45) is 2.66. The van der Waals surface area contributed by atoms with Crippen LogP contribution in [0.2, 0.25) is 0 Å². The van der Waals surface area contributed by atoms with Crippen LogP contribution < -0.4 is 0 Å². The van der Waals surface area contributed by atoms with Crippen molar-refractivity contribution in [3.63, 3.8) is 0 Å². The normalized spacial score (nSPS) is 16.5. The first-order valence-corrected chi connectivity index (χ1v) is 6.79. The number of benzene rings is 1. The van der Waals surface area contributed by atoms with Gasteiger partial charge in [0.1, 0.15) is 0 Å². The quantitative estimate of drug-likeness (QED) is 0.670.